The first-order chi connectivity index (χ1) is 9.03. The molecule has 5 heteroatoms. The number of nitrogens with zero attached hydrogens (tertiary/aromatic N) is 2. The first kappa shape index (κ1) is 13.8. The van der Waals surface area contributed by atoms with Gasteiger partial charge in [0.2, 0.25) is 5.91 Å². The molecule has 0 spiro atoms. The topological polar surface area (TPSA) is 57.3 Å². The summed E-state index contributed by atoms with van der Waals surface area (Å²) in [5, 5.41) is 6.32. The van der Waals surface area contributed by atoms with Crippen LogP contribution in [-0.2, 0) is 4.79 Å². The van der Waals surface area contributed by atoms with Crippen molar-refractivity contribution in [2.75, 3.05) is 37.4 Å². The van der Waals surface area contributed by atoms with Gasteiger partial charge < -0.3 is 15.5 Å². The molecule has 1 saturated heterocycles. The third-order valence-electron chi connectivity index (χ3n) is 3.71. The van der Waals surface area contributed by atoms with E-state index in [1.54, 1.807) is 6.20 Å². The number of piperidine rings is 1. The minimum absolute atomic E-state index is 0.0881. The summed E-state index contributed by atoms with van der Waals surface area (Å²) in [6.45, 7) is 3.84. The molecule has 0 saturated carbocycles. The molecule has 0 aromatic carbocycles. The van der Waals surface area contributed by atoms with Crippen molar-refractivity contribution < 1.29 is 4.79 Å². The number of amides is 1. The second-order valence-electron chi connectivity index (χ2n) is 5.53. The molecule has 0 aliphatic carbocycles. The number of pyridine rings is 1. The maximum atomic E-state index is 12.5. The quantitative estimate of drug-likeness (QED) is 0.866. The second kappa shape index (κ2) is 5.57. The highest BCUT2D eigenvalue weighted by Crippen LogP contribution is 2.31. The number of carbonyl (C=O) groups excluding carboxylic acids is 1. The number of aromatic nitrogens is 1. The Balaban J connectivity index is 2.14. The van der Waals surface area contributed by atoms with Gasteiger partial charge in [0.15, 0.2) is 5.82 Å². The monoisotopic (exact) mass is 262 g/mol. The van der Waals surface area contributed by atoms with Crippen LogP contribution in [0.5, 0.6) is 0 Å². The minimum atomic E-state index is -0.287. The van der Waals surface area contributed by atoms with E-state index >= 15 is 0 Å². The molecule has 0 unspecified atom stereocenters. The largest absolute Gasteiger partial charge is 0.361 e. The van der Waals surface area contributed by atoms with Crippen LogP contribution in [0.3, 0.4) is 0 Å². The summed E-state index contributed by atoms with van der Waals surface area (Å²) in [4.78, 5) is 18.7. The first-order valence-corrected chi connectivity index (χ1v) is 6.67. The van der Waals surface area contributed by atoms with Gasteiger partial charge in [-0.25, -0.2) is 4.98 Å². The molecule has 1 aliphatic rings. The van der Waals surface area contributed by atoms with Crippen LogP contribution in [0.4, 0.5) is 11.5 Å². The molecule has 2 N–H and O–H groups in total. The lowest BCUT2D eigenvalue weighted by Gasteiger charge is -2.32. The molecule has 0 radical (unpaired) electrons. The molecule has 2 rings (SSSR count). The number of carbonyl (C=O) groups is 1. The van der Waals surface area contributed by atoms with E-state index in [2.05, 4.69) is 15.6 Å². The van der Waals surface area contributed by atoms with Gasteiger partial charge in [0.1, 0.15) is 0 Å². The number of rotatable bonds is 3. The molecule has 2 heterocycles. The zero-order valence-corrected chi connectivity index (χ0v) is 11.9. The van der Waals surface area contributed by atoms with Crippen molar-refractivity contribution in [3.8, 4) is 0 Å². The highest BCUT2D eigenvalue weighted by molar-refractivity contribution is 5.97. The van der Waals surface area contributed by atoms with Gasteiger partial charge in [-0.15, -0.1) is 0 Å². The van der Waals surface area contributed by atoms with E-state index in [-0.39, 0.29) is 11.3 Å². The van der Waals surface area contributed by atoms with Gasteiger partial charge in [0.05, 0.1) is 5.69 Å². The van der Waals surface area contributed by atoms with Crippen LogP contribution in [0.25, 0.3) is 0 Å². The molecule has 1 aromatic heterocycles. The fourth-order valence-corrected chi connectivity index (χ4v) is 2.33. The normalized spacial score (nSPS) is 17.8. The Labute approximate surface area is 114 Å². The maximum Gasteiger partial charge on any atom is 0.230 e. The van der Waals surface area contributed by atoms with Crippen molar-refractivity contribution in [3.63, 3.8) is 0 Å². The summed E-state index contributed by atoms with van der Waals surface area (Å²) in [5.74, 6) is 0.874. The zero-order valence-electron chi connectivity index (χ0n) is 11.9. The average molecular weight is 262 g/mol. The van der Waals surface area contributed by atoms with Gasteiger partial charge in [-0.1, -0.05) is 6.92 Å². The first-order valence-electron chi connectivity index (χ1n) is 6.67. The van der Waals surface area contributed by atoms with Crippen molar-refractivity contribution in [2.45, 2.75) is 19.8 Å². The van der Waals surface area contributed by atoms with Crippen molar-refractivity contribution >= 4 is 17.4 Å². The second-order valence-corrected chi connectivity index (χ2v) is 5.53. The van der Waals surface area contributed by atoms with Crippen LogP contribution >= 0.6 is 0 Å². The predicted molar refractivity (Wildman–Crippen MR) is 77.4 cm³/mol. The van der Waals surface area contributed by atoms with E-state index in [1.165, 1.54) is 0 Å². The molecule has 1 fully saturated rings. The van der Waals surface area contributed by atoms with Crippen LogP contribution < -0.4 is 15.5 Å². The lowest BCUT2D eigenvalue weighted by molar-refractivity contribution is -0.126. The van der Waals surface area contributed by atoms with Crippen molar-refractivity contribution in [2.24, 2.45) is 5.41 Å². The van der Waals surface area contributed by atoms with Crippen LogP contribution in [0, 0.1) is 5.41 Å². The summed E-state index contributed by atoms with van der Waals surface area (Å²) in [7, 11) is 3.84. The summed E-state index contributed by atoms with van der Waals surface area (Å²) in [5.41, 5.74) is 0.488. The molecule has 0 atom stereocenters. The lowest BCUT2D eigenvalue weighted by Crippen LogP contribution is -2.43. The fraction of sp³-hybridized carbons (Fsp3) is 0.571. The Morgan fingerprint density at radius 3 is 2.74 bits per heavy atom. The summed E-state index contributed by atoms with van der Waals surface area (Å²) in [6, 6.07) is 3.73. The summed E-state index contributed by atoms with van der Waals surface area (Å²) < 4.78 is 0. The SMILES string of the molecule is CN(C)c1ncccc1NC(=O)C1(C)CCNCC1. The summed E-state index contributed by atoms with van der Waals surface area (Å²) in [6.07, 6.45) is 3.48. The molecular formula is C14H22N4O. The van der Waals surface area contributed by atoms with Gasteiger partial charge in [0.25, 0.3) is 0 Å². The molecule has 0 bridgehead atoms. The van der Waals surface area contributed by atoms with Crippen molar-refractivity contribution in [1.82, 2.24) is 10.3 Å². The van der Waals surface area contributed by atoms with Crippen LogP contribution in [0.2, 0.25) is 0 Å². The van der Waals surface area contributed by atoms with Gasteiger partial charge >= 0.3 is 0 Å². The Bertz CT molecular complexity index is 453. The standard InChI is InChI=1S/C14H22N4O/c1-14(6-9-15-10-7-14)13(19)17-11-5-4-8-16-12(11)18(2)3/h4-5,8,15H,6-7,9-10H2,1-3H3,(H,17,19). The van der Waals surface area contributed by atoms with Crippen molar-refractivity contribution in [1.29, 1.82) is 0 Å². The van der Waals surface area contributed by atoms with E-state index in [4.69, 9.17) is 0 Å². The van der Waals surface area contributed by atoms with Crippen LogP contribution in [-0.4, -0.2) is 38.1 Å². The molecular weight excluding hydrogens is 240 g/mol. The number of hydrogen-bond donors (Lipinski definition) is 2. The van der Waals surface area contributed by atoms with Gasteiger partial charge in [-0.2, -0.15) is 0 Å². The van der Waals surface area contributed by atoms with E-state index in [1.807, 2.05) is 38.1 Å². The number of anilines is 2. The Hall–Kier alpha value is -1.62. The zero-order chi connectivity index (χ0) is 13.9. The van der Waals surface area contributed by atoms with Crippen LogP contribution in [0.1, 0.15) is 19.8 Å². The highest BCUT2D eigenvalue weighted by atomic mass is 16.2. The Morgan fingerprint density at radius 1 is 1.42 bits per heavy atom. The minimum Gasteiger partial charge on any atom is -0.361 e. The molecule has 5 nitrogen and oxygen atoms in total. The molecule has 1 aromatic rings. The van der Waals surface area contributed by atoms with Gasteiger partial charge in [-0.3, -0.25) is 4.79 Å². The van der Waals surface area contributed by atoms with Gasteiger partial charge in [0, 0.05) is 25.7 Å². The third-order valence-corrected chi connectivity index (χ3v) is 3.71. The van der Waals surface area contributed by atoms with E-state index in [9.17, 15) is 4.79 Å². The predicted octanol–water partition coefficient (Wildman–Crippen LogP) is 1.48. The van der Waals surface area contributed by atoms with Crippen LogP contribution in [0.15, 0.2) is 18.3 Å². The maximum absolute atomic E-state index is 12.5. The van der Waals surface area contributed by atoms with E-state index in [0.717, 1.165) is 37.4 Å². The molecule has 1 amide bonds. The summed E-state index contributed by atoms with van der Waals surface area (Å²) >= 11 is 0. The van der Waals surface area contributed by atoms with E-state index < -0.39 is 0 Å². The smallest absolute Gasteiger partial charge is 0.230 e. The third kappa shape index (κ3) is 3.04. The molecule has 1 aliphatic heterocycles. The van der Waals surface area contributed by atoms with Crippen molar-refractivity contribution in [3.05, 3.63) is 18.3 Å². The Morgan fingerprint density at radius 2 is 2.11 bits per heavy atom. The van der Waals surface area contributed by atoms with Gasteiger partial charge in [-0.05, 0) is 38.1 Å². The number of hydrogen-bond acceptors (Lipinski definition) is 4. The number of nitrogens with one attached hydrogen (secondary N) is 2. The fourth-order valence-electron chi connectivity index (χ4n) is 2.33. The lowest BCUT2D eigenvalue weighted by atomic mass is 9.80. The van der Waals surface area contributed by atoms with E-state index in [0.29, 0.717) is 0 Å². The Kier molecular flexibility index (Phi) is 4.04. The highest BCUT2D eigenvalue weighted by Gasteiger charge is 2.34. The molecule has 19 heavy (non-hydrogen) atoms. The average Bonchev–Trinajstić information content (AvgIpc) is 2.40. The molecule has 104 valence electrons.